The summed E-state index contributed by atoms with van der Waals surface area (Å²) in [5, 5.41) is 1.45. The van der Waals surface area contributed by atoms with E-state index in [1.165, 1.54) is 12.8 Å². The molecule has 0 aliphatic heterocycles. The lowest BCUT2D eigenvalue weighted by Gasteiger charge is -2.12. The molecule has 0 saturated heterocycles. The highest BCUT2D eigenvalue weighted by Gasteiger charge is 2.25. The fraction of sp³-hybridized carbons (Fsp3) is 0.417. The zero-order chi connectivity index (χ0) is 11.8. The van der Waals surface area contributed by atoms with E-state index in [0.29, 0.717) is 11.3 Å². The maximum atomic E-state index is 6.06. The maximum absolute atomic E-state index is 6.06. The van der Waals surface area contributed by atoms with E-state index < -0.39 is 0 Å². The molecule has 1 aromatic carbocycles. The van der Waals surface area contributed by atoms with E-state index >= 15 is 0 Å². The first-order valence-corrected chi connectivity index (χ1v) is 6.78. The standard InChI is InChI=1S/C12H16N4S/c13-7-4-5-9-10(6-7)16-12(15-9)17-11-3-1-2-8(11)14/h4-6,8,11H,1-3,13-14H2,(H,15,16). The quantitative estimate of drug-likeness (QED) is 0.711. The molecule has 0 amide bonds. The topological polar surface area (TPSA) is 80.7 Å². The number of fused-ring (bicyclic) bond motifs is 1. The third-order valence-electron chi connectivity index (χ3n) is 3.25. The number of thioether (sulfide) groups is 1. The summed E-state index contributed by atoms with van der Waals surface area (Å²) in [6.45, 7) is 0. The smallest absolute Gasteiger partial charge is 0.166 e. The Bertz CT molecular complexity index is 536. The van der Waals surface area contributed by atoms with Crippen LogP contribution in [-0.4, -0.2) is 21.3 Å². The number of imidazole rings is 1. The first kappa shape index (κ1) is 10.9. The molecular weight excluding hydrogens is 232 g/mol. The molecule has 0 spiro atoms. The number of H-pyrrole nitrogens is 1. The lowest BCUT2D eigenvalue weighted by molar-refractivity contribution is 0.714. The molecule has 4 nitrogen and oxygen atoms in total. The monoisotopic (exact) mass is 248 g/mol. The number of aromatic nitrogens is 2. The lowest BCUT2D eigenvalue weighted by atomic mass is 10.3. The van der Waals surface area contributed by atoms with Crippen LogP contribution in [0.5, 0.6) is 0 Å². The number of rotatable bonds is 2. The van der Waals surface area contributed by atoms with Crippen LogP contribution in [0.25, 0.3) is 11.0 Å². The number of nitrogen functional groups attached to an aromatic ring is 1. The second-order valence-electron chi connectivity index (χ2n) is 4.57. The summed E-state index contributed by atoms with van der Waals surface area (Å²) in [6, 6.07) is 6.04. The molecule has 1 aliphatic rings. The van der Waals surface area contributed by atoms with E-state index in [1.54, 1.807) is 11.8 Å². The number of hydrogen-bond donors (Lipinski definition) is 3. The van der Waals surface area contributed by atoms with Crippen LogP contribution in [0.2, 0.25) is 0 Å². The van der Waals surface area contributed by atoms with Gasteiger partial charge in [-0.15, -0.1) is 0 Å². The molecule has 5 heteroatoms. The summed E-state index contributed by atoms with van der Waals surface area (Å²) in [4.78, 5) is 7.85. The van der Waals surface area contributed by atoms with Crippen molar-refractivity contribution in [1.82, 2.24) is 9.97 Å². The number of anilines is 1. The van der Waals surface area contributed by atoms with Crippen LogP contribution >= 0.6 is 11.8 Å². The van der Waals surface area contributed by atoms with E-state index in [-0.39, 0.29) is 0 Å². The number of nitrogens with two attached hydrogens (primary N) is 2. The van der Waals surface area contributed by atoms with Gasteiger partial charge in [0.2, 0.25) is 0 Å². The van der Waals surface area contributed by atoms with E-state index in [9.17, 15) is 0 Å². The molecule has 2 atom stereocenters. The number of nitrogens with zero attached hydrogens (tertiary/aromatic N) is 1. The van der Waals surface area contributed by atoms with Gasteiger partial charge < -0.3 is 16.5 Å². The largest absolute Gasteiger partial charge is 0.399 e. The van der Waals surface area contributed by atoms with Gasteiger partial charge in [0, 0.05) is 17.0 Å². The van der Waals surface area contributed by atoms with Gasteiger partial charge in [-0.25, -0.2) is 4.98 Å². The Balaban J connectivity index is 1.85. The minimum Gasteiger partial charge on any atom is -0.399 e. The Morgan fingerprint density at radius 2 is 2.24 bits per heavy atom. The molecule has 1 fully saturated rings. The van der Waals surface area contributed by atoms with Crippen molar-refractivity contribution in [2.45, 2.75) is 35.7 Å². The van der Waals surface area contributed by atoms with Gasteiger partial charge in [0.05, 0.1) is 11.0 Å². The molecule has 0 radical (unpaired) electrons. The molecule has 1 heterocycles. The molecular formula is C12H16N4S. The van der Waals surface area contributed by atoms with Gasteiger partial charge in [-0.05, 0) is 31.0 Å². The van der Waals surface area contributed by atoms with Gasteiger partial charge in [0.15, 0.2) is 5.16 Å². The van der Waals surface area contributed by atoms with Crippen LogP contribution in [0, 0.1) is 0 Å². The third-order valence-corrected chi connectivity index (χ3v) is 4.56. The predicted molar refractivity (Wildman–Crippen MR) is 72.0 cm³/mol. The maximum Gasteiger partial charge on any atom is 0.166 e. The highest BCUT2D eigenvalue weighted by atomic mass is 32.2. The fourth-order valence-electron chi connectivity index (χ4n) is 2.30. The Kier molecular flexibility index (Phi) is 2.72. The van der Waals surface area contributed by atoms with Gasteiger partial charge in [-0.3, -0.25) is 0 Å². The first-order chi connectivity index (χ1) is 8.22. The summed E-state index contributed by atoms with van der Waals surface area (Å²) < 4.78 is 0. The molecule has 2 unspecified atom stereocenters. The lowest BCUT2D eigenvalue weighted by Crippen LogP contribution is -2.26. The van der Waals surface area contributed by atoms with E-state index in [2.05, 4.69) is 9.97 Å². The van der Waals surface area contributed by atoms with Crippen molar-refractivity contribution in [2.75, 3.05) is 5.73 Å². The fourth-order valence-corrected chi connectivity index (χ4v) is 3.51. The average Bonchev–Trinajstić information content (AvgIpc) is 2.85. The van der Waals surface area contributed by atoms with Crippen molar-refractivity contribution in [1.29, 1.82) is 0 Å². The zero-order valence-corrected chi connectivity index (χ0v) is 10.3. The third kappa shape index (κ3) is 2.12. The summed E-state index contributed by atoms with van der Waals surface area (Å²) in [5.74, 6) is 0. The van der Waals surface area contributed by atoms with Crippen molar-refractivity contribution in [2.24, 2.45) is 5.73 Å². The molecule has 0 bridgehead atoms. The van der Waals surface area contributed by atoms with Crippen LogP contribution in [-0.2, 0) is 0 Å². The molecule has 1 aromatic heterocycles. The number of benzene rings is 1. The summed E-state index contributed by atoms with van der Waals surface area (Å²) in [7, 11) is 0. The molecule has 1 saturated carbocycles. The van der Waals surface area contributed by atoms with Gasteiger partial charge in [-0.2, -0.15) is 0 Å². The SMILES string of the molecule is Nc1ccc2nc(SC3CCCC3N)[nH]c2c1. The zero-order valence-electron chi connectivity index (χ0n) is 9.52. The summed E-state index contributed by atoms with van der Waals surface area (Å²) in [5.41, 5.74) is 14.5. The number of nitrogens with one attached hydrogen (secondary N) is 1. The van der Waals surface area contributed by atoms with Crippen molar-refractivity contribution < 1.29 is 0 Å². The van der Waals surface area contributed by atoms with Crippen LogP contribution in [0.15, 0.2) is 23.4 Å². The van der Waals surface area contributed by atoms with Crippen molar-refractivity contribution in [3.8, 4) is 0 Å². The number of aromatic amines is 1. The normalized spacial score (nSPS) is 24.5. The van der Waals surface area contributed by atoms with Crippen LogP contribution in [0.4, 0.5) is 5.69 Å². The van der Waals surface area contributed by atoms with Crippen molar-refractivity contribution in [3.63, 3.8) is 0 Å². The second-order valence-corrected chi connectivity index (χ2v) is 5.80. The molecule has 90 valence electrons. The second kappa shape index (κ2) is 4.23. The van der Waals surface area contributed by atoms with Gasteiger partial charge >= 0.3 is 0 Å². The van der Waals surface area contributed by atoms with Gasteiger partial charge in [0.1, 0.15) is 0 Å². The Labute approximate surface area is 104 Å². The van der Waals surface area contributed by atoms with E-state index in [0.717, 1.165) is 28.3 Å². The summed E-state index contributed by atoms with van der Waals surface area (Å²) >= 11 is 1.76. The Hall–Kier alpha value is -1.20. The molecule has 5 N–H and O–H groups in total. The van der Waals surface area contributed by atoms with E-state index in [4.69, 9.17) is 11.5 Å². The molecule has 3 rings (SSSR count). The number of hydrogen-bond acceptors (Lipinski definition) is 4. The van der Waals surface area contributed by atoms with Crippen molar-refractivity contribution >= 4 is 28.5 Å². The molecule has 17 heavy (non-hydrogen) atoms. The highest BCUT2D eigenvalue weighted by Crippen LogP contribution is 2.33. The van der Waals surface area contributed by atoms with Crippen LogP contribution in [0.3, 0.4) is 0 Å². The van der Waals surface area contributed by atoms with Gasteiger partial charge in [0.25, 0.3) is 0 Å². The Morgan fingerprint density at radius 3 is 3.00 bits per heavy atom. The van der Waals surface area contributed by atoms with Crippen LogP contribution in [0.1, 0.15) is 19.3 Å². The highest BCUT2D eigenvalue weighted by molar-refractivity contribution is 7.99. The first-order valence-electron chi connectivity index (χ1n) is 5.90. The molecule has 2 aromatic rings. The van der Waals surface area contributed by atoms with Crippen LogP contribution < -0.4 is 11.5 Å². The average molecular weight is 248 g/mol. The minimum atomic E-state index is 0.304. The van der Waals surface area contributed by atoms with Gasteiger partial charge in [-0.1, -0.05) is 18.2 Å². The Morgan fingerprint density at radius 1 is 1.35 bits per heavy atom. The minimum absolute atomic E-state index is 0.304. The summed E-state index contributed by atoms with van der Waals surface area (Å²) in [6.07, 6.45) is 3.54. The predicted octanol–water partition coefficient (Wildman–Crippen LogP) is 2.12. The molecule has 1 aliphatic carbocycles. The van der Waals surface area contributed by atoms with E-state index in [1.807, 2.05) is 18.2 Å². The van der Waals surface area contributed by atoms with Crippen molar-refractivity contribution in [3.05, 3.63) is 18.2 Å².